The summed E-state index contributed by atoms with van der Waals surface area (Å²) in [6, 6.07) is 2.04. The number of rotatable bonds is 3. The summed E-state index contributed by atoms with van der Waals surface area (Å²) in [6.45, 7) is 9.45. The maximum absolute atomic E-state index is 11.9. The van der Waals surface area contributed by atoms with E-state index in [1.165, 1.54) is 12.2 Å². The molecule has 86 valence electrons. The lowest BCUT2D eigenvalue weighted by molar-refractivity contribution is 0.107. The molecule has 0 N–H and O–H groups in total. The summed E-state index contributed by atoms with van der Waals surface area (Å²) in [5.74, 6) is 0. The Morgan fingerprint density at radius 1 is 1.25 bits per heavy atom. The highest BCUT2D eigenvalue weighted by atomic mass is 31.1. The standard InChI is InChI=1S/C13H18O2P/c1-6-11-7-8(2)12(10(4)9(11)3)13(14)16(5)15/h7H,6H2,1-5H3/q+1. The molecule has 0 saturated heterocycles. The van der Waals surface area contributed by atoms with Crippen molar-refractivity contribution >= 4 is 13.3 Å². The van der Waals surface area contributed by atoms with Crippen molar-refractivity contribution in [1.82, 2.24) is 0 Å². The maximum Gasteiger partial charge on any atom is 0.416 e. The summed E-state index contributed by atoms with van der Waals surface area (Å²) in [5, 5.41) is 0. The van der Waals surface area contributed by atoms with Gasteiger partial charge in [0.15, 0.2) is 0 Å². The Kier molecular flexibility index (Phi) is 3.98. The fourth-order valence-electron chi connectivity index (χ4n) is 2.02. The zero-order chi connectivity index (χ0) is 12.5. The van der Waals surface area contributed by atoms with Crippen LogP contribution in [0.5, 0.6) is 0 Å². The van der Waals surface area contributed by atoms with E-state index in [2.05, 4.69) is 6.92 Å². The Morgan fingerprint density at radius 3 is 2.25 bits per heavy atom. The van der Waals surface area contributed by atoms with Crippen LogP contribution in [0.1, 0.15) is 39.5 Å². The third-order valence-electron chi connectivity index (χ3n) is 3.09. The Labute approximate surface area is 97.9 Å². The van der Waals surface area contributed by atoms with Crippen LogP contribution in [0.3, 0.4) is 0 Å². The van der Waals surface area contributed by atoms with Gasteiger partial charge in [0.1, 0.15) is 6.66 Å². The molecule has 1 unspecified atom stereocenters. The van der Waals surface area contributed by atoms with Gasteiger partial charge in [0.25, 0.3) is 0 Å². The third kappa shape index (κ3) is 2.22. The van der Waals surface area contributed by atoms with Gasteiger partial charge in [-0.3, -0.25) is 0 Å². The van der Waals surface area contributed by atoms with Crippen LogP contribution in [-0.4, -0.2) is 12.2 Å². The Bertz CT molecular complexity index is 461. The molecule has 2 nitrogen and oxygen atoms in total. The van der Waals surface area contributed by atoms with Crippen LogP contribution in [-0.2, 0) is 11.0 Å². The topological polar surface area (TPSA) is 34.1 Å². The highest BCUT2D eigenvalue weighted by Gasteiger charge is 2.28. The summed E-state index contributed by atoms with van der Waals surface area (Å²) >= 11 is 0. The van der Waals surface area contributed by atoms with Crippen LogP contribution in [0, 0.1) is 20.8 Å². The maximum atomic E-state index is 11.9. The van der Waals surface area contributed by atoms with Crippen LogP contribution in [0.4, 0.5) is 0 Å². The first-order valence-corrected chi connectivity index (χ1v) is 7.15. The van der Waals surface area contributed by atoms with Gasteiger partial charge in [-0.15, -0.1) is 0 Å². The van der Waals surface area contributed by atoms with Gasteiger partial charge in [0.05, 0.1) is 5.56 Å². The number of hydrogen-bond acceptors (Lipinski definition) is 2. The highest BCUT2D eigenvalue weighted by Crippen LogP contribution is 2.30. The van der Waals surface area contributed by atoms with E-state index in [0.717, 1.165) is 23.1 Å². The quantitative estimate of drug-likeness (QED) is 0.750. The van der Waals surface area contributed by atoms with Crippen molar-refractivity contribution in [2.45, 2.75) is 34.1 Å². The van der Waals surface area contributed by atoms with Gasteiger partial charge in [0.2, 0.25) is 0 Å². The van der Waals surface area contributed by atoms with E-state index in [1.54, 1.807) is 0 Å². The third-order valence-corrected chi connectivity index (χ3v) is 3.88. The van der Waals surface area contributed by atoms with Crippen molar-refractivity contribution in [2.75, 3.05) is 6.66 Å². The van der Waals surface area contributed by atoms with Gasteiger partial charge in [-0.2, -0.15) is 0 Å². The molecular weight excluding hydrogens is 219 g/mol. The molecule has 0 aliphatic rings. The molecule has 0 saturated carbocycles. The first kappa shape index (κ1) is 13.1. The normalized spacial score (nSPS) is 11.4. The molecule has 0 fully saturated rings. The summed E-state index contributed by atoms with van der Waals surface area (Å²) in [7, 11) is -1.79. The number of carbonyl (C=O) groups excluding carboxylic acids is 1. The molecule has 0 radical (unpaired) electrons. The SMILES string of the molecule is CCc1cc(C)c(C(=O)[P+](C)=O)c(C)c1C. The average molecular weight is 237 g/mol. The minimum Gasteiger partial charge on any atom is -0.234 e. The van der Waals surface area contributed by atoms with Gasteiger partial charge < -0.3 is 0 Å². The summed E-state index contributed by atoms with van der Waals surface area (Å²) in [4.78, 5) is 11.9. The molecule has 0 heterocycles. The van der Waals surface area contributed by atoms with Crippen molar-refractivity contribution in [3.8, 4) is 0 Å². The van der Waals surface area contributed by atoms with Gasteiger partial charge in [-0.25, -0.2) is 4.79 Å². The van der Waals surface area contributed by atoms with Crippen molar-refractivity contribution in [3.63, 3.8) is 0 Å². The Hall–Kier alpha value is -1.01. The smallest absolute Gasteiger partial charge is 0.234 e. The summed E-state index contributed by atoms with van der Waals surface area (Å²) < 4.78 is 11.3. The van der Waals surface area contributed by atoms with Crippen molar-refractivity contribution < 1.29 is 9.36 Å². The number of hydrogen-bond donors (Lipinski definition) is 0. The first-order valence-electron chi connectivity index (χ1n) is 5.45. The van der Waals surface area contributed by atoms with Gasteiger partial charge in [0, 0.05) is 0 Å². The molecule has 0 aliphatic heterocycles. The number of aryl methyl sites for hydroxylation is 2. The van der Waals surface area contributed by atoms with Crippen LogP contribution in [0.25, 0.3) is 0 Å². The fraction of sp³-hybridized carbons (Fsp3) is 0.462. The summed E-state index contributed by atoms with van der Waals surface area (Å²) in [6.07, 6.45) is 0.959. The van der Waals surface area contributed by atoms with Crippen LogP contribution >= 0.6 is 7.80 Å². The lowest BCUT2D eigenvalue weighted by Gasteiger charge is -2.11. The predicted molar refractivity (Wildman–Crippen MR) is 67.9 cm³/mol. The van der Waals surface area contributed by atoms with Crippen molar-refractivity contribution in [3.05, 3.63) is 33.9 Å². The van der Waals surface area contributed by atoms with Gasteiger partial charge in [-0.05, 0) is 49.4 Å². The van der Waals surface area contributed by atoms with Crippen molar-refractivity contribution in [2.24, 2.45) is 0 Å². The molecule has 0 amide bonds. The molecule has 0 aromatic heterocycles. The molecule has 16 heavy (non-hydrogen) atoms. The highest BCUT2D eigenvalue weighted by molar-refractivity contribution is 7.63. The molecule has 0 spiro atoms. The predicted octanol–water partition coefficient (Wildman–Crippen LogP) is 3.77. The van der Waals surface area contributed by atoms with E-state index < -0.39 is 7.80 Å². The van der Waals surface area contributed by atoms with Crippen LogP contribution < -0.4 is 0 Å². The second-order valence-electron chi connectivity index (χ2n) is 4.13. The monoisotopic (exact) mass is 237 g/mol. The largest absolute Gasteiger partial charge is 0.416 e. The zero-order valence-corrected chi connectivity index (χ0v) is 11.4. The molecule has 3 heteroatoms. The molecule has 1 atom stereocenters. The van der Waals surface area contributed by atoms with E-state index in [4.69, 9.17) is 0 Å². The van der Waals surface area contributed by atoms with E-state index in [9.17, 15) is 9.36 Å². The first-order chi connectivity index (χ1) is 7.40. The zero-order valence-electron chi connectivity index (χ0n) is 10.5. The Morgan fingerprint density at radius 2 is 1.81 bits per heavy atom. The Balaban J connectivity index is 3.48. The minimum absolute atomic E-state index is 0.226. The summed E-state index contributed by atoms with van der Waals surface area (Å²) in [5.41, 5.74) is 4.75. The molecule has 0 aliphatic carbocycles. The second-order valence-corrected chi connectivity index (χ2v) is 5.53. The molecule has 1 rings (SSSR count). The molecule has 0 bridgehead atoms. The lowest BCUT2D eigenvalue weighted by Crippen LogP contribution is -2.04. The van der Waals surface area contributed by atoms with E-state index in [0.29, 0.717) is 5.56 Å². The fourth-order valence-corrected chi connectivity index (χ4v) is 2.68. The van der Waals surface area contributed by atoms with Crippen LogP contribution in [0.2, 0.25) is 0 Å². The average Bonchev–Trinajstić information content (AvgIpc) is 2.23. The van der Waals surface area contributed by atoms with E-state index in [-0.39, 0.29) is 5.52 Å². The van der Waals surface area contributed by atoms with Gasteiger partial charge >= 0.3 is 13.3 Å². The van der Waals surface area contributed by atoms with Crippen molar-refractivity contribution in [1.29, 1.82) is 0 Å². The molecular formula is C13H18O2P+. The molecule has 1 aromatic carbocycles. The number of carbonyl (C=O) groups is 1. The van der Waals surface area contributed by atoms with E-state index >= 15 is 0 Å². The van der Waals surface area contributed by atoms with Gasteiger partial charge in [-0.1, -0.05) is 17.6 Å². The molecule has 1 aromatic rings. The number of benzene rings is 1. The lowest BCUT2D eigenvalue weighted by atomic mass is 9.93. The van der Waals surface area contributed by atoms with Crippen LogP contribution in [0.15, 0.2) is 6.07 Å². The second kappa shape index (κ2) is 4.88. The van der Waals surface area contributed by atoms with E-state index in [1.807, 2.05) is 26.8 Å². The minimum atomic E-state index is -1.79.